The minimum atomic E-state index is -0.582. The van der Waals surface area contributed by atoms with E-state index in [1.165, 1.54) is 0 Å². The summed E-state index contributed by atoms with van der Waals surface area (Å²) in [4.78, 5) is 23.2. The molecule has 100 valence electrons. The van der Waals surface area contributed by atoms with E-state index in [2.05, 4.69) is 15.5 Å². The van der Waals surface area contributed by atoms with Gasteiger partial charge >= 0.3 is 0 Å². The minimum Gasteiger partial charge on any atom is -0.350 e. The number of carbonyl (C=O) groups is 1. The molecule has 0 aliphatic carbocycles. The fourth-order valence-electron chi connectivity index (χ4n) is 1.80. The molecular weight excluding hydrogens is 232 g/mol. The van der Waals surface area contributed by atoms with Crippen LogP contribution in [0.2, 0.25) is 0 Å². The van der Waals surface area contributed by atoms with Crippen molar-refractivity contribution < 1.29 is 4.79 Å². The standard InChI is InChI=1S/C12H20N4O2/c1-4-8-9(6-14-11(17)7(3)13)12(18)16-15-10(8)5-2/h7H,4-6,13H2,1-3H3,(H,14,17)(H,16,18)/t7-/m1/s1. The summed E-state index contributed by atoms with van der Waals surface area (Å²) in [6, 6.07) is -0.582. The van der Waals surface area contributed by atoms with Crippen LogP contribution >= 0.6 is 0 Å². The average Bonchev–Trinajstić information content (AvgIpc) is 2.36. The third kappa shape index (κ3) is 3.16. The van der Waals surface area contributed by atoms with Gasteiger partial charge in [0.1, 0.15) is 0 Å². The Morgan fingerprint density at radius 3 is 2.56 bits per heavy atom. The molecule has 18 heavy (non-hydrogen) atoms. The van der Waals surface area contributed by atoms with Crippen LogP contribution in [0.5, 0.6) is 0 Å². The molecule has 0 radical (unpaired) electrons. The molecule has 1 amide bonds. The molecule has 1 aromatic rings. The van der Waals surface area contributed by atoms with Crippen molar-refractivity contribution in [3.05, 3.63) is 27.2 Å². The number of aromatic amines is 1. The van der Waals surface area contributed by atoms with Gasteiger partial charge in [0.15, 0.2) is 0 Å². The molecular formula is C12H20N4O2. The minimum absolute atomic E-state index is 0.189. The van der Waals surface area contributed by atoms with Crippen LogP contribution in [-0.4, -0.2) is 22.1 Å². The van der Waals surface area contributed by atoms with Gasteiger partial charge in [0.25, 0.3) is 5.56 Å². The van der Waals surface area contributed by atoms with E-state index in [0.29, 0.717) is 12.0 Å². The lowest BCUT2D eigenvalue weighted by Crippen LogP contribution is -2.39. The van der Waals surface area contributed by atoms with Crippen LogP contribution in [0, 0.1) is 0 Å². The number of aromatic nitrogens is 2. The fourth-order valence-corrected chi connectivity index (χ4v) is 1.80. The highest BCUT2D eigenvalue weighted by atomic mass is 16.2. The molecule has 0 fully saturated rings. The zero-order valence-electron chi connectivity index (χ0n) is 11.0. The molecule has 0 aliphatic heterocycles. The number of amides is 1. The van der Waals surface area contributed by atoms with Gasteiger partial charge in [-0.15, -0.1) is 0 Å². The van der Waals surface area contributed by atoms with Crippen molar-refractivity contribution in [1.82, 2.24) is 15.5 Å². The van der Waals surface area contributed by atoms with Gasteiger partial charge < -0.3 is 11.1 Å². The molecule has 1 aromatic heterocycles. The topological polar surface area (TPSA) is 101 Å². The quantitative estimate of drug-likeness (QED) is 0.678. The van der Waals surface area contributed by atoms with Crippen molar-refractivity contribution in [1.29, 1.82) is 0 Å². The number of aryl methyl sites for hydroxylation is 1. The molecule has 0 unspecified atom stereocenters. The zero-order chi connectivity index (χ0) is 13.7. The summed E-state index contributed by atoms with van der Waals surface area (Å²) in [7, 11) is 0. The fraction of sp³-hybridized carbons (Fsp3) is 0.583. The molecule has 0 saturated carbocycles. The number of hydrogen-bond acceptors (Lipinski definition) is 4. The lowest BCUT2D eigenvalue weighted by atomic mass is 10.0. The summed E-state index contributed by atoms with van der Waals surface area (Å²) in [5.74, 6) is -0.272. The molecule has 0 aromatic carbocycles. The molecule has 0 saturated heterocycles. The second-order valence-electron chi connectivity index (χ2n) is 4.17. The van der Waals surface area contributed by atoms with Crippen LogP contribution in [0.3, 0.4) is 0 Å². The third-order valence-corrected chi connectivity index (χ3v) is 2.82. The van der Waals surface area contributed by atoms with Crippen molar-refractivity contribution in [2.45, 2.75) is 46.2 Å². The van der Waals surface area contributed by atoms with Gasteiger partial charge in [-0.2, -0.15) is 5.10 Å². The molecule has 4 N–H and O–H groups in total. The van der Waals surface area contributed by atoms with Gasteiger partial charge in [-0.05, 0) is 25.3 Å². The van der Waals surface area contributed by atoms with E-state index in [0.717, 1.165) is 17.7 Å². The summed E-state index contributed by atoms with van der Waals surface area (Å²) in [5.41, 5.74) is 7.54. The van der Waals surface area contributed by atoms with Crippen LogP contribution in [-0.2, 0) is 24.2 Å². The molecule has 1 atom stereocenters. The smallest absolute Gasteiger partial charge is 0.269 e. The number of nitrogens with two attached hydrogens (primary N) is 1. The van der Waals surface area contributed by atoms with Gasteiger partial charge in [-0.25, -0.2) is 5.10 Å². The van der Waals surface area contributed by atoms with Crippen molar-refractivity contribution in [2.24, 2.45) is 5.73 Å². The van der Waals surface area contributed by atoms with Crippen molar-refractivity contribution >= 4 is 5.91 Å². The number of nitrogens with zero attached hydrogens (tertiary/aromatic N) is 1. The van der Waals surface area contributed by atoms with Crippen molar-refractivity contribution in [3.63, 3.8) is 0 Å². The van der Waals surface area contributed by atoms with Gasteiger partial charge in [0, 0.05) is 12.1 Å². The van der Waals surface area contributed by atoms with E-state index < -0.39 is 6.04 Å². The predicted molar refractivity (Wildman–Crippen MR) is 69.1 cm³/mol. The Kier molecular flexibility index (Phi) is 5.03. The molecule has 0 aliphatic rings. The SMILES string of the molecule is CCc1n[nH]c(=O)c(CNC(=O)[C@@H](C)N)c1CC. The summed E-state index contributed by atoms with van der Waals surface area (Å²) in [5, 5.41) is 9.13. The van der Waals surface area contributed by atoms with Crippen LogP contribution in [0.15, 0.2) is 4.79 Å². The highest BCUT2D eigenvalue weighted by Crippen LogP contribution is 2.09. The Morgan fingerprint density at radius 1 is 1.39 bits per heavy atom. The van der Waals surface area contributed by atoms with Crippen LogP contribution in [0.4, 0.5) is 0 Å². The molecule has 6 heteroatoms. The lowest BCUT2D eigenvalue weighted by molar-refractivity contribution is -0.122. The molecule has 0 spiro atoms. The number of hydrogen-bond donors (Lipinski definition) is 3. The average molecular weight is 252 g/mol. The molecule has 6 nitrogen and oxygen atoms in total. The third-order valence-electron chi connectivity index (χ3n) is 2.82. The number of rotatable bonds is 5. The Bertz CT molecular complexity index is 479. The van der Waals surface area contributed by atoms with E-state index in [-0.39, 0.29) is 18.0 Å². The second kappa shape index (κ2) is 6.30. The number of carbonyl (C=O) groups excluding carboxylic acids is 1. The monoisotopic (exact) mass is 252 g/mol. The Hall–Kier alpha value is -1.69. The maximum atomic E-state index is 11.7. The predicted octanol–water partition coefficient (Wildman–Crippen LogP) is -0.142. The van der Waals surface area contributed by atoms with E-state index in [9.17, 15) is 9.59 Å². The zero-order valence-corrected chi connectivity index (χ0v) is 11.0. The van der Waals surface area contributed by atoms with Gasteiger partial charge in [-0.3, -0.25) is 9.59 Å². The summed E-state index contributed by atoms with van der Waals surface area (Å²) in [6.07, 6.45) is 1.46. The lowest BCUT2D eigenvalue weighted by Gasteiger charge is -2.12. The first-order valence-corrected chi connectivity index (χ1v) is 6.13. The van der Waals surface area contributed by atoms with E-state index in [4.69, 9.17) is 5.73 Å². The number of nitrogens with one attached hydrogen (secondary N) is 2. The summed E-state index contributed by atoms with van der Waals surface area (Å²) in [6.45, 7) is 5.73. The summed E-state index contributed by atoms with van der Waals surface area (Å²) < 4.78 is 0. The van der Waals surface area contributed by atoms with Crippen molar-refractivity contribution in [2.75, 3.05) is 0 Å². The van der Waals surface area contributed by atoms with E-state index in [1.807, 2.05) is 13.8 Å². The molecule has 1 rings (SSSR count). The Labute approximate surface area is 106 Å². The number of H-pyrrole nitrogens is 1. The van der Waals surface area contributed by atoms with Crippen molar-refractivity contribution in [3.8, 4) is 0 Å². The van der Waals surface area contributed by atoms with Crippen LogP contribution < -0.4 is 16.6 Å². The first kappa shape index (κ1) is 14.4. The van der Waals surface area contributed by atoms with E-state index in [1.54, 1.807) is 6.92 Å². The van der Waals surface area contributed by atoms with E-state index >= 15 is 0 Å². The summed E-state index contributed by atoms with van der Waals surface area (Å²) >= 11 is 0. The van der Waals surface area contributed by atoms with Gasteiger partial charge in [0.05, 0.1) is 11.7 Å². The Balaban J connectivity index is 3.00. The van der Waals surface area contributed by atoms with Gasteiger partial charge in [0.2, 0.25) is 5.91 Å². The highest BCUT2D eigenvalue weighted by molar-refractivity contribution is 5.80. The van der Waals surface area contributed by atoms with Gasteiger partial charge in [-0.1, -0.05) is 13.8 Å². The second-order valence-corrected chi connectivity index (χ2v) is 4.17. The molecule has 0 bridgehead atoms. The highest BCUT2D eigenvalue weighted by Gasteiger charge is 2.13. The maximum Gasteiger partial charge on any atom is 0.269 e. The van der Waals surface area contributed by atoms with Crippen LogP contribution in [0.1, 0.15) is 37.6 Å². The van der Waals surface area contributed by atoms with Crippen LogP contribution in [0.25, 0.3) is 0 Å². The maximum absolute atomic E-state index is 11.7. The first-order chi connectivity index (χ1) is 8.51. The Morgan fingerprint density at radius 2 is 2.06 bits per heavy atom. The first-order valence-electron chi connectivity index (χ1n) is 6.13. The largest absolute Gasteiger partial charge is 0.350 e. The normalized spacial score (nSPS) is 12.2. The molecule has 1 heterocycles.